The molecule has 0 aliphatic heterocycles. The normalized spacial score (nSPS) is 10.6. The number of ether oxygens (including phenoxy) is 1. The molecule has 2 heteroatoms. The molecule has 0 aliphatic carbocycles. The van der Waals surface area contributed by atoms with E-state index in [-0.39, 0.29) is 0 Å². The van der Waals surface area contributed by atoms with Gasteiger partial charge in [0, 0.05) is 0 Å². The summed E-state index contributed by atoms with van der Waals surface area (Å²) in [7, 11) is 0. The molecule has 0 atom stereocenters. The Morgan fingerprint density at radius 2 is 2.08 bits per heavy atom. The lowest BCUT2D eigenvalue weighted by Gasteiger charge is -2.21. The fourth-order valence-electron chi connectivity index (χ4n) is 1.19. The van der Waals surface area contributed by atoms with Crippen molar-refractivity contribution in [3.05, 3.63) is 35.4 Å². The molecule has 1 aromatic carbocycles. The summed E-state index contributed by atoms with van der Waals surface area (Å²) in [6, 6.07) is 7.97. The first kappa shape index (κ1) is 9.60. The topological polar surface area (TPSA) is 33.0 Å². The minimum atomic E-state index is -0.527. The van der Waals surface area contributed by atoms with Crippen molar-refractivity contribution < 1.29 is 4.74 Å². The molecule has 0 unspecified atom stereocenters. The molecule has 0 aromatic heterocycles. The van der Waals surface area contributed by atoms with Gasteiger partial charge in [-0.15, -0.1) is 0 Å². The second kappa shape index (κ2) is 3.49. The molecule has 68 valence electrons. The van der Waals surface area contributed by atoms with Crippen LogP contribution in [0.5, 0.6) is 0 Å². The van der Waals surface area contributed by atoms with Crippen LogP contribution in [-0.4, -0.2) is 0 Å². The maximum absolute atomic E-state index is 8.46. The Bertz CT molecular complexity index is 336. The van der Waals surface area contributed by atoms with E-state index in [4.69, 9.17) is 10.00 Å². The monoisotopic (exact) mass is 175 g/mol. The van der Waals surface area contributed by atoms with E-state index in [0.29, 0.717) is 0 Å². The lowest BCUT2D eigenvalue weighted by atomic mass is 9.97. The van der Waals surface area contributed by atoms with Crippen molar-refractivity contribution in [3.63, 3.8) is 0 Å². The Hall–Kier alpha value is -1.49. The first-order valence-corrected chi connectivity index (χ1v) is 4.20. The third-order valence-corrected chi connectivity index (χ3v) is 2.01. The average Bonchev–Trinajstić information content (AvgIpc) is 2.04. The van der Waals surface area contributed by atoms with Gasteiger partial charge in [-0.05, 0) is 26.3 Å². The van der Waals surface area contributed by atoms with Crippen LogP contribution < -0.4 is 0 Å². The standard InChI is InChI=1S/C11H13NO/c1-9-5-4-6-10(7-9)11(2,3)13-8-12/h4-7H,1-3H3. The van der Waals surface area contributed by atoms with Gasteiger partial charge in [0.2, 0.25) is 0 Å². The van der Waals surface area contributed by atoms with E-state index in [1.165, 1.54) is 5.56 Å². The quantitative estimate of drug-likeness (QED) is 0.647. The smallest absolute Gasteiger partial charge is 0.287 e. The van der Waals surface area contributed by atoms with Crippen LogP contribution in [-0.2, 0) is 10.3 Å². The summed E-state index contributed by atoms with van der Waals surface area (Å²) in [6.07, 6.45) is 1.73. The summed E-state index contributed by atoms with van der Waals surface area (Å²) in [5.74, 6) is 0. The minimum Gasteiger partial charge on any atom is -0.417 e. The molecule has 0 spiro atoms. The highest BCUT2D eigenvalue weighted by Crippen LogP contribution is 2.24. The number of benzene rings is 1. The highest BCUT2D eigenvalue weighted by molar-refractivity contribution is 5.26. The largest absolute Gasteiger partial charge is 0.417 e. The molecule has 0 saturated heterocycles. The fraction of sp³-hybridized carbons (Fsp3) is 0.364. The van der Waals surface area contributed by atoms with Crippen molar-refractivity contribution in [1.82, 2.24) is 0 Å². The number of aryl methyl sites for hydroxylation is 1. The first-order valence-electron chi connectivity index (χ1n) is 4.20. The highest BCUT2D eigenvalue weighted by atomic mass is 16.5. The summed E-state index contributed by atoms with van der Waals surface area (Å²) in [5.41, 5.74) is 1.67. The zero-order valence-electron chi connectivity index (χ0n) is 8.16. The second-order valence-electron chi connectivity index (χ2n) is 3.57. The Balaban J connectivity index is 3.01. The van der Waals surface area contributed by atoms with Gasteiger partial charge in [-0.3, -0.25) is 0 Å². The highest BCUT2D eigenvalue weighted by Gasteiger charge is 2.21. The molecule has 0 heterocycles. The predicted molar refractivity (Wildman–Crippen MR) is 50.9 cm³/mol. The molecule has 1 rings (SSSR count). The van der Waals surface area contributed by atoms with E-state index < -0.39 is 5.60 Å². The molecule has 13 heavy (non-hydrogen) atoms. The maximum atomic E-state index is 8.46. The zero-order valence-corrected chi connectivity index (χ0v) is 8.16. The van der Waals surface area contributed by atoms with Gasteiger partial charge in [-0.2, -0.15) is 5.26 Å². The van der Waals surface area contributed by atoms with Crippen molar-refractivity contribution in [2.45, 2.75) is 26.4 Å². The van der Waals surface area contributed by atoms with Gasteiger partial charge in [-0.1, -0.05) is 29.8 Å². The molecule has 0 amide bonds. The van der Waals surface area contributed by atoms with Crippen LogP contribution in [0.25, 0.3) is 0 Å². The minimum absolute atomic E-state index is 0.527. The Morgan fingerprint density at radius 1 is 1.38 bits per heavy atom. The van der Waals surface area contributed by atoms with Crippen LogP contribution in [0.2, 0.25) is 0 Å². The zero-order chi connectivity index (χ0) is 9.90. The van der Waals surface area contributed by atoms with E-state index in [2.05, 4.69) is 0 Å². The Morgan fingerprint density at radius 3 is 2.62 bits per heavy atom. The molecule has 1 aromatic rings. The van der Waals surface area contributed by atoms with Crippen molar-refractivity contribution >= 4 is 0 Å². The van der Waals surface area contributed by atoms with Gasteiger partial charge in [0.15, 0.2) is 0 Å². The third kappa shape index (κ3) is 2.22. The van der Waals surface area contributed by atoms with Crippen molar-refractivity contribution in [1.29, 1.82) is 5.26 Å². The molecule has 0 bridgehead atoms. The summed E-state index contributed by atoms with van der Waals surface area (Å²) in [5, 5.41) is 8.46. The Labute approximate surface area is 78.8 Å². The van der Waals surface area contributed by atoms with E-state index >= 15 is 0 Å². The molecule has 0 radical (unpaired) electrons. The summed E-state index contributed by atoms with van der Waals surface area (Å²) < 4.78 is 4.98. The van der Waals surface area contributed by atoms with Gasteiger partial charge >= 0.3 is 0 Å². The Kier molecular flexibility index (Phi) is 2.57. The maximum Gasteiger partial charge on any atom is 0.287 e. The van der Waals surface area contributed by atoms with Crippen LogP contribution in [0, 0.1) is 18.4 Å². The van der Waals surface area contributed by atoms with E-state index in [1.807, 2.05) is 45.0 Å². The summed E-state index contributed by atoms with van der Waals surface area (Å²) in [4.78, 5) is 0. The van der Waals surface area contributed by atoms with E-state index in [9.17, 15) is 0 Å². The molecular weight excluding hydrogens is 162 g/mol. The molecule has 0 fully saturated rings. The van der Waals surface area contributed by atoms with Crippen molar-refractivity contribution in [3.8, 4) is 6.26 Å². The van der Waals surface area contributed by atoms with Crippen LogP contribution in [0.3, 0.4) is 0 Å². The number of hydrogen-bond donors (Lipinski definition) is 0. The number of hydrogen-bond acceptors (Lipinski definition) is 2. The number of rotatable bonds is 2. The SMILES string of the molecule is Cc1cccc(C(C)(C)OC#N)c1. The lowest BCUT2D eigenvalue weighted by Crippen LogP contribution is -2.18. The van der Waals surface area contributed by atoms with Gasteiger partial charge in [-0.25, -0.2) is 0 Å². The molecule has 2 nitrogen and oxygen atoms in total. The van der Waals surface area contributed by atoms with E-state index in [0.717, 1.165) is 5.56 Å². The molecular formula is C11H13NO. The third-order valence-electron chi connectivity index (χ3n) is 2.01. The van der Waals surface area contributed by atoms with Crippen LogP contribution in [0.1, 0.15) is 25.0 Å². The molecule has 0 N–H and O–H groups in total. The predicted octanol–water partition coefficient (Wildman–Crippen LogP) is 2.73. The van der Waals surface area contributed by atoms with Gasteiger partial charge < -0.3 is 4.74 Å². The van der Waals surface area contributed by atoms with Crippen LogP contribution in [0.4, 0.5) is 0 Å². The summed E-state index contributed by atoms with van der Waals surface area (Å²) in [6.45, 7) is 5.78. The number of nitrogens with zero attached hydrogens (tertiary/aromatic N) is 1. The fourth-order valence-corrected chi connectivity index (χ4v) is 1.19. The second-order valence-corrected chi connectivity index (χ2v) is 3.57. The molecule has 0 aliphatic rings. The van der Waals surface area contributed by atoms with E-state index in [1.54, 1.807) is 6.26 Å². The summed E-state index contributed by atoms with van der Waals surface area (Å²) >= 11 is 0. The van der Waals surface area contributed by atoms with Gasteiger partial charge in [0.25, 0.3) is 6.26 Å². The van der Waals surface area contributed by atoms with Crippen molar-refractivity contribution in [2.24, 2.45) is 0 Å². The van der Waals surface area contributed by atoms with Crippen molar-refractivity contribution in [2.75, 3.05) is 0 Å². The number of nitriles is 1. The molecule has 0 saturated carbocycles. The average molecular weight is 175 g/mol. The first-order chi connectivity index (χ1) is 6.06. The van der Waals surface area contributed by atoms with Gasteiger partial charge in [0.1, 0.15) is 5.60 Å². The lowest BCUT2D eigenvalue weighted by molar-refractivity contribution is 0.0702. The van der Waals surface area contributed by atoms with Crippen LogP contribution >= 0.6 is 0 Å². The van der Waals surface area contributed by atoms with Gasteiger partial charge in [0.05, 0.1) is 0 Å². The van der Waals surface area contributed by atoms with Crippen LogP contribution in [0.15, 0.2) is 24.3 Å².